The number of hydrogen-bond acceptors (Lipinski definition) is 4. The van der Waals surface area contributed by atoms with Crippen LogP contribution in [0.15, 0.2) is 56.1 Å². The average molecular weight is 551 g/mol. The van der Waals surface area contributed by atoms with Gasteiger partial charge in [0, 0.05) is 35.1 Å². The van der Waals surface area contributed by atoms with Gasteiger partial charge in [0.2, 0.25) is 0 Å². The zero-order chi connectivity index (χ0) is 22.1. The van der Waals surface area contributed by atoms with Gasteiger partial charge in [0.05, 0.1) is 4.47 Å². The monoisotopic (exact) mass is 549 g/mol. The normalized spacial score (nSPS) is 17.5. The van der Waals surface area contributed by atoms with Crippen molar-refractivity contribution < 1.29 is 18.7 Å². The van der Waals surface area contributed by atoms with E-state index in [1.165, 1.54) is 18.5 Å². The Kier molecular flexibility index (Phi) is 6.34. The van der Waals surface area contributed by atoms with Crippen LogP contribution in [0, 0.1) is 11.1 Å². The second kappa shape index (κ2) is 9.00. The van der Waals surface area contributed by atoms with Gasteiger partial charge in [0.15, 0.2) is 18.2 Å². The maximum atomic E-state index is 13.1. The standard InChI is InChI=1S/C22H21Br2N3O4/c1-13(25-21(28)15-5-3-7-27(30)12-15)14-4-2-6-26(11-14)22(29)19-9-16-8-17(23)10-18(24)20(16)31-19/h3,5,7-10,12-14H,2,4,6,11H2,1H3,(H,25,28). The summed E-state index contributed by atoms with van der Waals surface area (Å²) < 4.78 is 8.12. The number of amides is 2. The fraction of sp³-hybridized carbons (Fsp3) is 0.318. The molecule has 0 saturated carbocycles. The first-order valence-electron chi connectivity index (χ1n) is 9.99. The summed E-state index contributed by atoms with van der Waals surface area (Å²) in [7, 11) is 0. The number of likely N-dealkylation sites (tertiary alicyclic amines) is 1. The van der Waals surface area contributed by atoms with Crippen LogP contribution in [0.3, 0.4) is 0 Å². The third kappa shape index (κ3) is 4.77. The van der Waals surface area contributed by atoms with Crippen LogP contribution in [0.4, 0.5) is 0 Å². The number of furan rings is 1. The fourth-order valence-corrected chi connectivity index (χ4v) is 5.28. The van der Waals surface area contributed by atoms with Crippen LogP contribution in [0.25, 0.3) is 11.0 Å². The van der Waals surface area contributed by atoms with Crippen molar-refractivity contribution >= 4 is 54.6 Å². The molecular formula is C22H21Br2N3O4. The van der Waals surface area contributed by atoms with E-state index in [4.69, 9.17) is 4.42 Å². The molecule has 1 saturated heterocycles. The quantitative estimate of drug-likeness (QED) is 0.388. The summed E-state index contributed by atoms with van der Waals surface area (Å²) in [6.45, 7) is 3.10. The highest BCUT2D eigenvalue weighted by Gasteiger charge is 2.30. The summed E-state index contributed by atoms with van der Waals surface area (Å²) >= 11 is 6.92. The molecule has 2 unspecified atom stereocenters. The maximum absolute atomic E-state index is 13.1. The highest BCUT2D eigenvalue weighted by atomic mass is 79.9. The van der Waals surface area contributed by atoms with Crippen LogP contribution < -0.4 is 10.0 Å². The van der Waals surface area contributed by atoms with Crippen molar-refractivity contribution in [2.45, 2.75) is 25.8 Å². The van der Waals surface area contributed by atoms with E-state index in [2.05, 4.69) is 37.2 Å². The molecule has 0 bridgehead atoms. The van der Waals surface area contributed by atoms with Crippen molar-refractivity contribution in [2.75, 3.05) is 13.1 Å². The van der Waals surface area contributed by atoms with Crippen LogP contribution in [0.5, 0.6) is 0 Å². The Hall–Kier alpha value is -2.39. The Labute approximate surface area is 196 Å². The number of nitrogens with zero attached hydrogens (tertiary/aromatic N) is 2. The van der Waals surface area contributed by atoms with Gasteiger partial charge in [-0.15, -0.1) is 0 Å². The van der Waals surface area contributed by atoms with E-state index < -0.39 is 0 Å². The first-order valence-corrected chi connectivity index (χ1v) is 11.6. The molecular weight excluding hydrogens is 530 g/mol. The summed E-state index contributed by atoms with van der Waals surface area (Å²) in [6.07, 6.45) is 4.33. The lowest BCUT2D eigenvalue weighted by Gasteiger charge is -2.35. The van der Waals surface area contributed by atoms with Crippen LogP contribution in [0.2, 0.25) is 0 Å². The van der Waals surface area contributed by atoms with Gasteiger partial charge < -0.3 is 19.8 Å². The summed E-state index contributed by atoms with van der Waals surface area (Å²) in [6, 6.07) is 8.54. The van der Waals surface area contributed by atoms with E-state index in [1.807, 2.05) is 19.1 Å². The first kappa shape index (κ1) is 21.8. The highest BCUT2D eigenvalue weighted by Crippen LogP contribution is 2.32. The lowest BCUT2D eigenvalue weighted by atomic mass is 9.91. The number of halogens is 2. The van der Waals surface area contributed by atoms with E-state index in [9.17, 15) is 14.8 Å². The van der Waals surface area contributed by atoms with E-state index in [-0.39, 0.29) is 23.8 Å². The van der Waals surface area contributed by atoms with E-state index in [0.717, 1.165) is 27.2 Å². The van der Waals surface area contributed by atoms with E-state index >= 15 is 0 Å². The van der Waals surface area contributed by atoms with Crippen molar-refractivity contribution in [1.29, 1.82) is 0 Å². The SMILES string of the molecule is CC(NC(=O)c1ccc[n+]([O-])c1)C1CCCN(C(=O)c2cc3cc(Br)cc(Br)c3o2)C1. The Bertz CT molecular complexity index is 1150. The molecule has 0 radical (unpaired) electrons. The van der Waals surface area contributed by atoms with Gasteiger partial charge in [0.1, 0.15) is 11.1 Å². The molecule has 0 aliphatic carbocycles. The van der Waals surface area contributed by atoms with E-state index in [0.29, 0.717) is 34.7 Å². The number of piperidine rings is 1. The molecule has 0 spiro atoms. The predicted octanol–water partition coefficient (Wildman–Crippen LogP) is 4.26. The lowest BCUT2D eigenvalue weighted by molar-refractivity contribution is -0.605. The molecule has 2 aromatic heterocycles. The van der Waals surface area contributed by atoms with Gasteiger partial charge in [-0.3, -0.25) is 9.59 Å². The summed E-state index contributed by atoms with van der Waals surface area (Å²) in [5, 5.41) is 15.2. The van der Waals surface area contributed by atoms with E-state index in [1.54, 1.807) is 17.0 Å². The van der Waals surface area contributed by atoms with Crippen molar-refractivity contribution in [3.63, 3.8) is 0 Å². The molecule has 1 aliphatic heterocycles. The number of hydrogen-bond donors (Lipinski definition) is 1. The number of aromatic nitrogens is 1. The molecule has 3 heterocycles. The Morgan fingerprint density at radius 3 is 2.90 bits per heavy atom. The largest absolute Gasteiger partial charge is 0.619 e. The topological polar surface area (TPSA) is 89.5 Å². The number of fused-ring (bicyclic) bond motifs is 1. The number of rotatable bonds is 4. The molecule has 2 atom stereocenters. The van der Waals surface area contributed by atoms with Gasteiger partial charge in [-0.2, -0.15) is 4.73 Å². The minimum absolute atomic E-state index is 0.106. The second-order valence-corrected chi connectivity index (χ2v) is 9.55. The summed E-state index contributed by atoms with van der Waals surface area (Å²) in [5.74, 6) is -0.0443. The lowest BCUT2D eigenvalue weighted by Crippen LogP contribution is -2.48. The van der Waals surface area contributed by atoms with Crippen LogP contribution in [0.1, 0.15) is 40.7 Å². The molecule has 1 aliphatic rings. The smallest absolute Gasteiger partial charge is 0.289 e. The maximum Gasteiger partial charge on any atom is 0.289 e. The van der Waals surface area contributed by atoms with Crippen molar-refractivity contribution in [1.82, 2.24) is 10.2 Å². The van der Waals surface area contributed by atoms with Crippen molar-refractivity contribution in [3.8, 4) is 0 Å². The first-order chi connectivity index (χ1) is 14.8. The minimum Gasteiger partial charge on any atom is -0.619 e. The molecule has 1 aromatic carbocycles. The second-order valence-electron chi connectivity index (χ2n) is 7.78. The predicted molar refractivity (Wildman–Crippen MR) is 123 cm³/mol. The third-order valence-corrected chi connectivity index (χ3v) is 6.64. The Morgan fingerprint density at radius 2 is 2.13 bits per heavy atom. The van der Waals surface area contributed by atoms with Crippen LogP contribution >= 0.6 is 31.9 Å². The molecule has 9 heteroatoms. The van der Waals surface area contributed by atoms with Gasteiger partial charge in [-0.1, -0.05) is 15.9 Å². The molecule has 162 valence electrons. The van der Waals surface area contributed by atoms with Crippen LogP contribution in [-0.2, 0) is 0 Å². The Morgan fingerprint density at radius 1 is 1.32 bits per heavy atom. The van der Waals surface area contributed by atoms with Crippen molar-refractivity contribution in [3.05, 3.63) is 68.2 Å². The van der Waals surface area contributed by atoms with Gasteiger partial charge >= 0.3 is 0 Å². The number of carbonyl (C=O) groups is 2. The third-order valence-electron chi connectivity index (χ3n) is 5.59. The molecule has 2 amide bonds. The fourth-order valence-electron chi connectivity index (χ4n) is 3.94. The number of nitrogens with one attached hydrogen (secondary N) is 1. The van der Waals surface area contributed by atoms with Crippen LogP contribution in [-0.4, -0.2) is 35.8 Å². The number of pyridine rings is 1. The molecule has 1 N–H and O–H groups in total. The highest BCUT2D eigenvalue weighted by molar-refractivity contribution is 9.11. The average Bonchev–Trinajstić information content (AvgIpc) is 3.17. The molecule has 1 fully saturated rings. The number of benzene rings is 1. The number of carbonyl (C=O) groups excluding carboxylic acids is 2. The molecule has 31 heavy (non-hydrogen) atoms. The molecule has 4 rings (SSSR count). The minimum atomic E-state index is -0.297. The zero-order valence-corrected chi connectivity index (χ0v) is 20.0. The Balaban J connectivity index is 1.44. The zero-order valence-electron chi connectivity index (χ0n) is 16.8. The summed E-state index contributed by atoms with van der Waals surface area (Å²) in [4.78, 5) is 27.4. The van der Waals surface area contributed by atoms with Gasteiger partial charge in [-0.05, 0) is 65.9 Å². The van der Waals surface area contributed by atoms with Gasteiger partial charge in [-0.25, -0.2) is 0 Å². The van der Waals surface area contributed by atoms with Gasteiger partial charge in [0.25, 0.3) is 11.8 Å². The molecule has 3 aromatic rings. The van der Waals surface area contributed by atoms with Crippen molar-refractivity contribution in [2.24, 2.45) is 5.92 Å². The summed E-state index contributed by atoms with van der Waals surface area (Å²) in [5.41, 5.74) is 0.950. The molecule has 7 nitrogen and oxygen atoms in total.